The Morgan fingerprint density at radius 3 is 1.89 bits per heavy atom. The molecule has 0 saturated carbocycles. The van der Waals surface area contributed by atoms with Gasteiger partial charge in [-0.3, -0.25) is 4.79 Å². The van der Waals surface area contributed by atoms with Crippen LogP contribution in [-0.4, -0.2) is 14.7 Å². The minimum absolute atomic E-state index is 0.119. The van der Waals surface area contributed by atoms with E-state index in [2.05, 4.69) is 5.32 Å². The fourth-order valence-electron chi connectivity index (χ4n) is 2.29. The minimum Gasteiger partial charge on any atom is -0.348 e. The molecule has 0 spiro atoms. The third-order valence-electron chi connectivity index (χ3n) is 3.69. The number of rotatable bonds is 5. The van der Waals surface area contributed by atoms with E-state index < -0.39 is 11.1 Å². The Balaban J connectivity index is 0.000000273. The van der Waals surface area contributed by atoms with Gasteiger partial charge in [-0.2, -0.15) is 0 Å². The van der Waals surface area contributed by atoms with E-state index in [1.807, 2.05) is 60.7 Å². The lowest BCUT2D eigenvalue weighted by molar-refractivity contribution is 0.0947. The minimum atomic E-state index is -2.17. The van der Waals surface area contributed by atoms with Crippen molar-refractivity contribution in [2.45, 2.75) is 18.0 Å². The molecule has 140 valence electrons. The van der Waals surface area contributed by atoms with Gasteiger partial charge in [0.2, 0.25) is 0 Å². The molecule has 0 aliphatic carbocycles. The van der Waals surface area contributed by atoms with E-state index >= 15 is 0 Å². The number of amides is 1. The molecule has 27 heavy (non-hydrogen) atoms. The Morgan fingerprint density at radius 1 is 0.852 bits per heavy atom. The van der Waals surface area contributed by atoms with Gasteiger partial charge in [-0.05, 0) is 23.3 Å². The van der Waals surface area contributed by atoms with E-state index in [0.717, 1.165) is 5.56 Å². The topological polar surface area (TPSA) is 92.4 Å². The van der Waals surface area contributed by atoms with E-state index in [0.29, 0.717) is 13.1 Å². The Labute approximate surface area is 161 Å². The third-order valence-corrected chi connectivity index (χ3v) is 4.43. The van der Waals surface area contributed by atoms with Crippen LogP contribution >= 0.6 is 0 Å². The number of carbonyl (C=O) groups is 1. The van der Waals surface area contributed by atoms with Gasteiger partial charge in [0.25, 0.3) is 5.91 Å². The maximum Gasteiger partial charge on any atom is 0.252 e. The Bertz CT molecular complexity index is 871. The number of nitrogens with two attached hydrogens (primary N) is 1. The molecule has 0 fully saturated rings. The van der Waals surface area contributed by atoms with Gasteiger partial charge in [0.1, 0.15) is 0 Å². The fraction of sp³-hybridized carbons (Fsp3) is 0.0952. The van der Waals surface area contributed by atoms with E-state index in [1.165, 1.54) is 17.7 Å². The molecule has 5 nitrogen and oxygen atoms in total. The smallest absolute Gasteiger partial charge is 0.252 e. The first-order valence-corrected chi connectivity index (χ1v) is 9.48. The predicted octanol–water partition coefficient (Wildman–Crippen LogP) is 3.34. The van der Waals surface area contributed by atoms with Crippen LogP contribution in [0.25, 0.3) is 0 Å². The maximum atomic E-state index is 12.0. The first-order chi connectivity index (χ1) is 13.1. The number of hydrogen-bond acceptors (Lipinski definition) is 3. The first-order valence-electron chi connectivity index (χ1n) is 8.38. The highest BCUT2D eigenvalue weighted by Crippen LogP contribution is 2.12. The summed E-state index contributed by atoms with van der Waals surface area (Å²) in [6.45, 7) is 1.02. The molecule has 0 saturated heterocycles. The molecular formula is C21H22N2O3S. The van der Waals surface area contributed by atoms with Crippen LogP contribution in [0.3, 0.4) is 0 Å². The number of hydrogen-bond donors (Lipinski definition) is 3. The lowest BCUT2D eigenvalue weighted by Gasteiger charge is -2.07. The van der Waals surface area contributed by atoms with Crippen molar-refractivity contribution in [3.63, 3.8) is 0 Å². The highest BCUT2D eigenvalue weighted by atomic mass is 32.2. The van der Waals surface area contributed by atoms with Crippen molar-refractivity contribution >= 4 is 17.0 Å². The van der Waals surface area contributed by atoms with E-state index in [-0.39, 0.29) is 16.4 Å². The van der Waals surface area contributed by atoms with Crippen molar-refractivity contribution in [3.05, 3.63) is 102 Å². The number of carbonyl (C=O) groups excluding carboxylic acids is 1. The zero-order valence-electron chi connectivity index (χ0n) is 14.7. The highest BCUT2D eigenvalue weighted by Gasteiger charge is 2.13. The zero-order valence-corrected chi connectivity index (χ0v) is 15.6. The van der Waals surface area contributed by atoms with Gasteiger partial charge in [0.15, 0.2) is 11.1 Å². The normalized spacial score (nSPS) is 11.0. The van der Waals surface area contributed by atoms with Crippen LogP contribution in [0.15, 0.2) is 89.8 Å². The lowest BCUT2D eigenvalue weighted by Crippen LogP contribution is -2.24. The summed E-state index contributed by atoms with van der Waals surface area (Å²) in [6.07, 6.45) is 0. The van der Waals surface area contributed by atoms with E-state index in [1.54, 1.807) is 12.1 Å². The second kappa shape index (κ2) is 11.0. The third kappa shape index (κ3) is 6.79. The Hall–Kier alpha value is -2.80. The molecule has 3 aromatic rings. The zero-order chi connectivity index (χ0) is 19.5. The van der Waals surface area contributed by atoms with Crippen LogP contribution in [0, 0.1) is 0 Å². The molecule has 0 aliphatic rings. The highest BCUT2D eigenvalue weighted by molar-refractivity contribution is 7.79. The molecule has 1 unspecified atom stereocenters. The average Bonchev–Trinajstić information content (AvgIpc) is 2.73. The van der Waals surface area contributed by atoms with Crippen molar-refractivity contribution < 1.29 is 13.6 Å². The molecule has 1 atom stereocenters. The van der Waals surface area contributed by atoms with Gasteiger partial charge in [-0.25, -0.2) is 4.21 Å². The standard InChI is InChI=1S/C14H13NO3S.C7H9N/c16-14(15-10-11-6-2-1-3-7-11)12-8-4-5-9-13(12)19(17)18;8-6-7-4-2-1-3-5-7/h1-9H,10H2,(H,15,16)(H,17,18);1-5H,6,8H2. The summed E-state index contributed by atoms with van der Waals surface area (Å²) in [5.41, 5.74) is 7.73. The summed E-state index contributed by atoms with van der Waals surface area (Å²) >= 11 is -2.17. The SMILES string of the molecule is NCc1ccccc1.O=C(NCc1ccccc1)c1ccccc1S(=O)O. The first kappa shape index (κ1) is 20.5. The van der Waals surface area contributed by atoms with Crippen molar-refractivity contribution in [2.75, 3.05) is 0 Å². The van der Waals surface area contributed by atoms with Gasteiger partial charge in [0, 0.05) is 13.1 Å². The summed E-state index contributed by atoms with van der Waals surface area (Å²) in [7, 11) is 0. The Morgan fingerprint density at radius 2 is 1.37 bits per heavy atom. The molecule has 4 N–H and O–H groups in total. The van der Waals surface area contributed by atoms with Gasteiger partial charge in [0.05, 0.1) is 10.5 Å². The van der Waals surface area contributed by atoms with E-state index in [4.69, 9.17) is 10.3 Å². The van der Waals surface area contributed by atoms with Crippen molar-refractivity contribution in [2.24, 2.45) is 5.73 Å². The largest absolute Gasteiger partial charge is 0.348 e. The second-order valence-electron chi connectivity index (χ2n) is 5.60. The maximum absolute atomic E-state index is 12.0. The summed E-state index contributed by atoms with van der Waals surface area (Å²) in [5.74, 6) is -0.359. The molecule has 0 bridgehead atoms. The predicted molar refractivity (Wildman–Crippen MR) is 107 cm³/mol. The van der Waals surface area contributed by atoms with Crippen molar-refractivity contribution in [1.82, 2.24) is 5.32 Å². The molecule has 0 heterocycles. The van der Waals surface area contributed by atoms with Crippen molar-refractivity contribution in [1.29, 1.82) is 0 Å². The van der Waals surface area contributed by atoms with Crippen LogP contribution in [-0.2, 0) is 24.2 Å². The molecule has 3 aromatic carbocycles. The van der Waals surface area contributed by atoms with Crippen LogP contribution in [0.4, 0.5) is 0 Å². The monoisotopic (exact) mass is 382 g/mol. The molecule has 0 radical (unpaired) electrons. The summed E-state index contributed by atoms with van der Waals surface area (Å²) in [4.78, 5) is 12.1. The second-order valence-corrected chi connectivity index (χ2v) is 6.54. The average molecular weight is 382 g/mol. The molecule has 0 aliphatic heterocycles. The van der Waals surface area contributed by atoms with Gasteiger partial charge < -0.3 is 15.6 Å². The summed E-state index contributed by atoms with van der Waals surface area (Å²) < 4.78 is 20.3. The van der Waals surface area contributed by atoms with Crippen LogP contribution in [0.5, 0.6) is 0 Å². The molecule has 0 aromatic heterocycles. The van der Waals surface area contributed by atoms with Gasteiger partial charge >= 0.3 is 0 Å². The number of nitrogens with one attached hydrogen (secondary N) is 1. The van der Waals surface area contributed by atoms with Crippen molar-refractivity contribution in [3.8, 4) is 0 Å². The summed E-state index contributed by atoms with van der Waals surface area (Å²) in [6, 6.07) is 25.7. The quantitative estimate of drug-likeness (QED) is 0.590. The van der Waals surface area contributed by atoms with Gasteiger partial charge in [-0.1, -0.05) is 72.8 Å². The van der Waals surface area contributed by atoms with E-state index in [9.17, 15) is 9.00 Å². The summed E-state index contributed by atoms with van der Waals surface area (Å²) in [5, 5.41) is 2.73. The molecule has 1 amide bonds. The molecule has 6 heteroatoms. The fourth-order valence-corrected chi connectivity index (χ4v) is 2.84. The Kier molecular flexibility index (Phi) is 8.38. The molecular weight excluding hydrogens is 360 g/mol. The number of benzene rings is 3. The molecule has 3 rings (SSSR count). The lowest BCUT2D eigenvalue weighted by atomic mass is 10.2. The van der Waals surface area contributed by atoms with Crippen LogP contribution in [0.1, 0.15) is 21.5 Å². The van der Waals surface area contributed by atoms with Gasteiger partial charge in [-0.15, -0.1) is 0 Å². The van der Waals surface area contributed by atoms with Crippen LogP contribution in [0.2, 0.25) is 0 Å². The van der Waals surface area contributed by atoms with Crippen LogP contribution < -0.4 is 11.1 Å².